The van der Waals surface area contributed by atoms with Crippen LogP contribution in [-0.2, 0) is 0 Å². The topological polar surface area (TPSA) is 44.1 Å². The first-order valence-electron chi connectivity index (χ1n) is 4.47. The molecule has 0 saturated heterocycles. The summed E-state index contributed by atoms with van der Waals surface area (Å²) in [5.74, 6) is 0. The third kappa shape index (κ3) is 2.57. The van der Waals surface area contributed by atoms with E-state index in [1.807, 2.05) is 18.4 Å². The number of rotatable bonds is 5. The highest BCUT2D eigenvalue weighted by Gasteiger charge is 2.06. The normalized spacial score (nSPS) is 9.43. The predicted molar refractivity (Wildman–Crippen MR) is 57.8 cm³/mol. The Morgan fingerprint density at radius 3 is 3.00 bits per heavy atom. The number of nitriles is 1. The summed E-state index contributed by atoms with van der Waals surface area (Å²) >= 11 is 1.43. The maximum atomic E-state index is 10.5. The number of carbonyl (C=O) groups excluding carboxylic acids is 1. The Bertz CT molecular complexity index is 340. The van der Waals surface area contributed by atoms with Crippen LogP contribution in [0.3, 0.4) is 0 Å². The zero-order valence-corrected chi connectivity index (χ0v) is 8.88. The first-order valence-corrected chi connectivity index (χ1v) is 5.35. The van der Waals surface area contributed by atoms with Gasteiger partial charge in [0.05, 0.1) is 17.4 Å². The number of carbonyl (C=O) groups is 1. The van der Waals surface area contributed by atoms with Crippen molar-refractivity contribution in [3.8, 4) is 6.07 Å². The maximum Gasteiger partial charge on any atom is 0.160 e. The molecule has 0 atom stereocenters. The number of thiophene rings is 1. The van der Waals surface area contributed by atoms with E-state index in [-0.39, 0.29) is 0 Å². The molecule has 1 aromatic heterocycles. The molecule has 0 saturated carbocycles. The number of nitrogens with zero attached hydrogens (tertiary/aromatic N) is 2. The first kappa shape index (κ1) is 10.7. The van der Waals surface area contributed by atoms with Crippen molar-refractivity contribution in [2.75, 3.05) is 18.0 Å². The van der Waals surface area contributed by atoms with Crippen molar-refractivity contribution in [1.82, 2.24) is 0 Å². The van der Waals surface area contributed by atoms with Gasteiger partial charge >= 0.3 is 0 Å². The molecule has 0 fully saturated rings. The van der Waals surface area contributed by atoms with Crippen molar-refractivity contribution in [3.63, 3.8) is 0 Å². The van der Waals surface area contributed by atoms with E-state index in [0.717, 1.165) is 29.9 Å². The number of hydrogen-bond donors (Lipinski definition) is 0. The minimum atomic E-state index is 0.514. The van der Waals surface area contributed by atoms with Crippen molar-refractivity contribution in [2.45, 2.75) is 13.3 Å². The van der Waals surface area contributed by atoms with Crippen molar-refractivity contribution >= 4 is 23.3 Å². The highest BCUT2D eigenvalue weighted by Crippen LogP contribution is 2.21. The van der Waals surface area contributed by atoms with E-state index in [0.29, 0.717) is 6.42 Å². The summed E-state index contributed by atoms with van der Waals surface area (Å²) in [5.41, 5.74) is 1.04. The lowest BCUT2D eigenvalue weighted by atomic mass is 10.3. The first-order chi connectivity index (χ1) is 6.81. The molecule has 14 heavy (non-hydrogen) atoms. The van der Waals surface area contributed by atoms with Crippen LogP contribution in [0.15, 0.2) is 11.4 Å². The van der Waals surface area contributed by atoms with Crippen LogP contribution in [0.1, 0.15) is 23.0 Å². The molecule has 0 unspecified atom stereocenters. The van der Waals surface area contributed by atoms with E-state index in [1.165, 1.54) is 11.3 Å². The van der Waals surface area contributed by atoms with Crippen molar-refractivity contribution < 1.29 is 4.79 Å². The smallest absolute Gasteiger partial charge is 0.160 e. The van der Waals surface area contributed by atoms with Crippen LogP contribution in [0.2, 0.25) is 0 Å². The van der Waals surface area contributed by atoms with Gasteiger partial charge in [-0.15, -0.1) is 11.3 Å². The second-order valence-corrected chi connectivity index (χ2v) is 3.76. The lowest BCUT2D eigenvalue weighted by molar-refractivity contribution is 0.112. The van der Waals surface area contributed by atoms with E-state index in [9.17, 15) is 4.79 Å². The van der Waals surface area contributed by atoms with E-state index >= 15 is 0 Å². The molecule has 74 valence electrons. The van der Waals surface area contributed by atoms with Gasteiger partial charge in [-0.05, 0) is 13.0 Å². The summed E-state index contributed by atoms with van der Waals surface area (Å²) in [7, 11) is 0. The molecular formula is C10H12N2OS. The van der Waals surface area contributed by atoms with Gasteiger partial charge < -0.3 is 4.90 Å². The fraction of sp³-hybridized carbons (Fsp3) is 0.400. The van der Waals surface area contributed by atoms with E-state index < -0.39 is 0 Å². The van der Waals surface area contributed by atoms with Gasteiger partial charge in [0.2, 0.25) is 0 Å². The fourth-order valence-electron chi connectivity index (χ4n) is 1.22. The molecule has 0 aromatic carbocycles. The van der Waals surface area contributed by atoms with E-state index in [4.69, 9.17) is 5.26 Å². The molecule has 0 radical (unpaired) electrons. The Balaban J connectivity index is 2.69. The Labute approximate surface area is 87.6 Å². The molecule has 0 bridgehead atoms. The molecule has 0 aliphatic carbocycles. The van der Waals surface area contributed by atoms with Gasteiger partial charge in [0.25, 0.3) is 0 Å². The highest BCUT2D eigenvalue weighted by atomic mass is 32.1. The van der Waals surface area contributed by atoms with Crippen molar-refractivity contribution in [2.24, 2.45) is 0 Å². The van der Waals surface area contributed by atoms with Crippen molar-refractivity contribution in [1.29, 1.82) is 5.26 Å². The quantitative estimate of drug-likeness (QED) is 0.697. The van der Waals surface area contributed by atoms with Crippen LogP contribution in [0.25, 0.3) is 0 Å². The Morgan fingerprint density at radius 1 is 1.71 bits per heavy atom. The van der Waals surface area contributed by atoms with Gasteiger partial charge in [-0.1, -0.05) is 0 Å². The van der Waals surface area contributed by atoms with Crippen molar-refractivity contribution in [3.05, 3.63) is 16.3 Å². The maximum absolute atomic E-state index is 10.5. The van der Waals surface area contributed by atoms with Crippen LogP contribution in [0, 0.1) is 11.3 Å². The zero-order chi connectivity index (χ0) is 10.4. The molecule has 4 heteroatoms. The Kier molecular flexibility index (Phi) is 4.14. The molecule has 0 spiro atoms. The third-order valence-corrected chi connectivity index (χ3v) is 2.81. The molecular weight excluding hydrogens is 196 g/mol. The van der Waals surface area contributed by atoms with Gasteiger partial charge in [-0.25, -0.2) is 0 Å². The second kappa shape index (κ2) is 5.40. The minimum absolute atomic E-state index is 0.514. The monoisotopic (exact) mass is 208 g/mol. The number of hydrogen-bond acceptors (Lipinski definition) is 4. The largest absolute Gasteiger partial charge is 0.370 e. The molecule has 1 rings (SSSR count). The standard InChI is InChI=1S/C10H12N2OS/c1-2-12(5-3-4-11)9-6-10(7-13)14-8-9/h6-8H,2-3,5H2,1H3. The third-order valence-electron chi connectivity index (χ3n) is 1.96. The molecule has 0 aliphatic heterocycles. The SMILES string of the molecule is CCN(CCC#N)c1csc(C=O)c1. The summed E-state index contributed by atoms with van der Waals surface area (Å²) < 4.78 is 0. The van der Waals surface area contributed by atoms with Gasteiger partial charge in [-0.2, -0.15) is 5.26 Å². The average Bonchev–Trinajstić information content (AvgIpc) is 2.68. The fourth-order valence-corrected chi connectivity index (χ4v) is 1.94. The molecule has 0 N–H and O–H groups in total. The Morgan fingerprint density at radius 2 is 2.50 bits per heavy atom. The zero-order valence-electron chi connectivity index (χ0n) is 8.06. The summed E-state index contributed by atoms with van der Waals surface area (Å²) in [6.45, 7) is 3.62. The lowest BCUT2D eigenvalue weighted by Gasteiger charge is -2.19. The van der Waals surface area contributed by atoms with Crippen LogP contribution >= 0.6 is 11.3 Å². The van der Waals surface area contributed by atoms with Gasteiger partial charge in [-0.3, -0.25) is 4.79 Å². The van der Waals surface area contributed by atoms with Crippen LogP contribution in [-0.4, -0.2) is 19.4 Å². The lowest BCUT2D eigenvalue weighted by Crippen LogP contribution is -2.22. The van der Waals surface area contributed by atoms with Gasteiger partial charge in [0.15, 0.2) is 6.29 Å². The van der Waals surface area contributed by atoms with Crippen LogP contribution in [0.5, 0.6) is 0 Å². The molecule has 1 aromatic rings. The minimum Gasteiger partial charge on any atom is -0.370 e. The molecule has 0 aliphatic rings. The Hall–Kier alpha value is -1.34. The van der Waals surface area contributed by atoms with E-state index in [2.05, 4.69) is 11.0 Å². The predicted octanol–water partition coefficient (Wildman–Crippen LogP) is 2.30. The van der Waals surface area contributed by atoms with Crippen LogP contribution < -0.4 is 4.90 Å². The van der Waals surface area contributed by atoms with E-state index in [1.54, 1.807) is 0 Å². The average molecular weight is 208 g/mol. The summed E-state index contributed by atoms with van der Waals surface area (Å²) in [4.78, 5) is 13.3. The number of anilines is 1. The number of aldehydes is 1. The summed E-state index contributed by atoms with van der Waals surface area (Å²) in [6.07, 6.45) is 1.37. The van der Waals surface area contributed by atoms with Gasteiger partial charge in [0.1, 0.15) is 0 Å². The summed E-state index contributed by atoms with van der Waals surface area (Å²) in [5, 5.41) is 10.4. The van der Waals surface area contributed by atoms with Gasteiger partial charge in [0, 0.05) is 24.2 Å². The second-order valence-electron chi connectivity index (χ2n) is 2.81. The van der Waals surface area contributed by atoms with Crippen LogP contribution in [0.4, 0.5) is 5.69 Å². The molecule has 1 heterocycles. The summed E-state index contributed by atoms with van der Waals surface area (Å²) in [6, 6.07) is 3.97. The molecule has 0 amide bonds. The molecule has 3 nitrogen and oxygen atoms in total. The highest BCUT2D eigenvalue weighted by molar-refractivity contribution is 7.12.